The number of nitro groups is 1. The highest BCUT2D eigenvalue weighted by molar-refractivity contribution is 6.31. The summed E-state index contributed by atoms with van der Waals surface area (Å²) in [5.74, 6) is -0.906. The van der Waals surface area contributed by atoms with Crippen molar-refractivity contribution in [3.05, 3.63) is 32.5 Å². The summed E-state index contributed by atoms with van der Waals surface area (Å²) in [6, 6.07) is 1.03. The SMILES string of the molecule is O=[N+]([O-])c1nc(C(F)F)c(Cl)cc1CCl. The van der Waals surface area contributed by atoms with Crippen LogP contribution in [0, 0.1) is 10.1 Å². The van der Waals surface area contributed by atoms with E-state index in [4.69, 9.17) is 23.2 Å². The first-order valence-electron chi connectivity index (χ1n) is 3.65. The molecule has 8 heteroatoms. The van der Waals surface area contributed by atoms with E-state index in [1.807, 2.05) is 0 Å². The second-order valence-corrected chi connectivity index (χ2v) is 3.20. The average molecular weight is 257 g/mol. The van der Waals surface area contributed by atoms with E-state index in [9.17, 15) is 18.9 Å². The first-order valence-corrected chi connectivity index (χ1v) is 4.56. The van der Waals surface area contributed by atoms with E-state index in [2.05, 4.69) is 4.98 Å². The molecule has 1 aromatic heterocycles. The number of hydrogen-bond acceptors (Lipinski definition) is 3. The van der Waals surface area contributed by atoms with Crippen molar-refractivity contribution in [2.75, 3.05) is 0 Å². The fourth-order valence-electron chi connectivity index (χ4n) is 0.940. The molecule has 82 valence electrons. The summed E-state index contributed by atoms with van der Waals surface area (Å²) in [7, 11) is 0. The predicted molar refractivity (Wildman–Crippen MR) is 50.4 cm³/mol. The van der Waals surface area contributed by atoms with Gasteiger partial charge in [-0.3, -0.25) is 0 Å². The molecule has 0 saturated heterocycles. The Hall–Kier alpha value is -1.01. The third-order valence-electron chi connectivity index (χ3n) is 1.58. The van der Waals surface area contributed by atoms with Gasteiger partial charge in [-0.15, -0.1) is 11.6 Å². The highest BCUT2D eigenvalue weighted by atomic mass is 35.5. The summed E-state index contributed by atoms with van der Waals surface area (Å²) < 4.78 is 24.6. The van der Waals surface area contributed by atoms with Crippen LogP contribution in [-0.4, -0.2) is 9.91 Å². The quantitative estimate of drug-likeness (QED) is 0.474. The van der Waals surface area contributed by atoms with Crippen LogP contribution in [0.2, 0.25) is 5.02 Å². The van der Waals surface area contributed by atoms with Crippen LogP contribution in [0.3, 0.4) is 0 Å². The van der Waals surface area contributed by atoms with Gasteiger partial charge in [-0.2, -0.15) is 0 Å². The van der Waals surface area contributed by atoms with Gasteiger partial charge in [0.25, 0.3) is 0 Å². The Morgan fingerprint density at radius 1 is 1.60 bits per heavy atom. The van der Waals surface area contributed by atoms with Crippen molar-refractivity contribution in [1.29, 1.82) is 0 Å². The second-order valence-electron chi connectivity index (χ2n) is 2.53. The number of halogens is 4. The van der Waals surface area contributed by atoms with Gasteiger partial charge in [0.15, 0.2) is 0 Å². The van der Waals surface area contributed by atoms with E-state index in [1.165, 1.54) is 0 Å². The van der Waals surface area contributed by atoms with Crippen molar-refractivity contribution in [1.82, 2.24) is 4.98 Å². The largest absolute Gasteiger partial charge is 0.368 e. The molecule has 0 N–H and O–H groups in total. The molecule has 0 aliphatic rings. The Bertz CT molecular complexity index is 401. The van der Waals surface area contributed by atoms with Crippen LogP contribution < -0.4 is 0 Å². The third-order valence-corrected chi connectivity index (χ3v) is 2.17. The Labute approximate surface area is 93.0 Å². The Morgan fingerprint density at radius 2 is 2.20 bits per heavy atom. The van der Waals surface area contributed by atoms with Gasteiger partial charge in [0, 0.05) is 0 Å². The van der Waals surface area contributed by atoms with Crippen molar-refractivity contribution in [3.8, 4) is 0 Å². The first-order chi connectivity index (χ1) is 6.97. The summed E-state index contributed by atoms with van der Waals surface area (Å²) in [6.07, 6.45) is -2.96. The molecule has 1 rings (SSSR count). The summed E-state index contributed by atoms with van der Waals surface area (Å²) in [6.45, 7) is 0. The summed E-state index contributed by atoms with van der Waals surface area (Å²) in [4.78, 5) is 12.8. The zero-order valence-corrected chi connectivity index (χ0v) is 8.60. The molecule has 0 atom stereocenters. The molecule has 0 radical (unpaired) electrons. The van der Waals surface area contributed by atoms with Crippen molar-refractivity contribution in [2.45, 2.75) is 12.3 Å². The number of alkyl halides is 3. The van der Waals surface area contributed by atoms with Gasteiger partial charge < -0.3 is 10.1 Å². The topological polar surface area (TPSA) is 56.0 Å². The molecule has 0 aliphatic heterocycles. The number of hydrogen-bond donors (Lipinski definition) is 0. The van der Waals surface area contributed by atoms with Crippen LogP contribution in [0.1, 0.15) is 17.7 Å². The molecule has 0 spiro atoms. The van der Waals surface area contributed by atoms with E-state index in [-0.39, 0.29) is 16.5 Å². The van der Waals surface area contributed by atoms with Crippen LogP contribution in [0.4, 0.5) is 14.6 Å². The van der Waals surface area contributed by atoms with Crippen LogP contribution >= 0.6 is 23.2 Å². The molecule has 0 aromatic carbocycles. The molecule has 0 bridgehead atoms. The van der Waals surface area contributed by atoms with Gasteiger partial charge in [-0.25, -0.2) is 8.78 Å². The van der Waals surface area contributed by atoms with Crippen molar-refractivity contribution >= 4 is 29.0 Å². The number of rotatable bonds is 3. The standard InChI is InChI=1S/C7H4Cl2F2N2O2/c8-2-3-1-4(9)5(6(10)11)12-7(3)13(14)15/h1,6H,2H2. The van der Waals surface area contributed by atoms with Gasteiger partial charge >= 0.3 is 12.2 Å². The fourth-order valence-corrected chi connectivity index (χ4v) is 1.39. The van der Waals surface area contributed by atoms with Crippen molar-refractivity contribution in [3.63, 3.8) is 0 Å². The molecule has 4 nitrogen and oxygen atoms in total. The predicted octanol–water partition coefficient (Wildman–Crippen LogP) is 3.32. The minimum atomic E-state index is -2.96. The maximum atomic E-state index is 12.3. The summed E-state index contributed by atoms with van der Waals surface area (Å²) in [5, 5.41) is 10.1. The number of aromatic nitrogens is 1. The Morgan fingerprint density at radius 3 is 2.60 bits per heavy atom. The lowest BCUT2D eigenvalue weighted by molar-refractivity contribution is -0.390. The zero-order valence-electron chi connectivity index (χ0n) is 7.08. The third kappa shape index (κ3) is 2.51. The van der Waals surface area contributed by atoms with Gasteiger partial charge in [-0.1, -0.05) is 11.6 Å². The number of nitrogens with zero attached hydrogens (tertiary/aromatic N) is 2. The summed E-state index contributed by atoms with van der Waals surface area (Å²) in [5.41, 5.74) is -0.798. The van der Waals surface area contributed by atoms with Crippen LogP contribution in [0.5, 0.6) is 0 Å². The average Bonchev–Trinajstić information content (AvgIpc) is 2.16. The second kappa shape index (κ2) is 4.67. The van der Waals surface area contributed by atoms with Crippen LogP contribution in [-0.2, 0) is 5.88 Å². The molecule has 0 saturated carbocycles. The van der Waals surface area contributed by atoms with E-state index in [0.717, 1.165) is 6.07 Å². The van der Waals surface area contributed by atoms with Crippen molar-refractivity contribution in [2.24, 2.45) is 0 Å². The molecule has 0 amide bonds. The molecular weight excluding hydrogens is 253 g/mol. The zero-order chi connectivity index (χ0) is 11.6. The first kappa shape index (κ1) is 12.1. The van der Waals surface area contributed by atoms with E-state index < -0.39 is 22.9 Å². The Kier molecular flexibility index (Phi) is 3.76. The van der Waals surface area contributed by atoms with Crippen LogP contribution in [0.25, 0.3) is 0 Å². The van der Waals surface area contributed by atoms with Gasteiger partial charge in [-0.05, 0) is 16.0 Å². The lowest BCUT2D eigenvalue weighted by Gasteiger charge is -2.02. The minimum Gasteiger partial charge on any atom is -0.358 e. The van der Waals surface area contributed by atoms with Gasteiger partial charge in [0.2, 0.25) is 5.69 Å². The van der Waals surface area contributed by atoms with E-state index in [1.54, 1.807) is 0 Å². The molecule has 1 aromatic rings. The molecule has 0 fully saturated rings. The lowest BCUT2D eigenvalue weighted by Crippen LogP contribution is -2.02. The number of pyridine rings is 1. The van der Waals surface area contributed by atoms with E-state index >= 15 is 0 Å². The fraction of sp³-hybridized carbons (Fsp3) is 0.286. The molecule has 1 heterocycles. The maximum absolute atomic E-state index is 12.3. The smallest absolute Gasteiger partial charge is 0.358 e. The molecule has 15 heavy (non-hydrogen) atoms. The van der Waals surface area contributed by atoms with Crippen molar-refractivity contribution < 1.29 is 13.7 Å². The van der Waals surface area contributed by atoms with Gasteiger partial charge in [0.05, 0.1) is 16.5 Å². The van der Waals surface area contributed by atoms with Crippen LogP contribution in [0.15, 0.2) is 6.07 Å². The normalized spacial score (nSPS) is 10.7. The van der Waals surface area contributed by atoms with Gasteiger partial charge in [0.1, 0.15) is 0 Å². The highest BCUT2D eigenvalue weighted by Crippen LogP contribution is 2.30. The molecule has 0 unspecified atom stereocenters. The molecule has 0 aliphatic carbocycles. The molecular formula is C7H4Cl2F2N2O2. The summed E-state index contributed by atoms with van der Waals surface area (Å²) >= 11 is 10.8. The highest BCUT2D eigenvalue weighted by Gasteiger charge is 2.26. The maximum Gasteiger partial charge on any atom is 0.368 e. The monoisotopic (exact) mass is 256 g/mol. The van der Waals surface area contributed by atoms with E-state index in [0.29, 0.717) is 0 Å². The Balaban J connectivity index is 3.37. The lowest BCUT2D eigenvalue weighted by atomic mass is 10.2. The minimum absolute atomic E-state index is 0.0102.